The fraction of sp³-hybridized carbons (Fsp3) is 0.800. The zero-order chi connectivity index (χ0) is 15.6. The van der Waals surface area contributed by atoms with E-state index >= 15 is 0 Å². The molecule has 0 spiro atoms. The SMILES string of the molecule is Cc1ncsc1CN1C[C@@H](F)C[C@H]1CN(C)CC(C)(C)N.Cl. The first-order valence-electron chi connectivity index (χ1n) is 7.49. The standard InChI is InChI=1S/C15H27FN4S.ClH/c1-11-14(21-10-18-11)8-20-6-12(16)5-13(20)7-19(4)9-15(2,3)17;/h10,12-13H,5-9,17H2,1-4H3;1H/t12-,13-;/m0./s1. The van der Waals surface area contributed by atoms with Crippen LogP contribution in [0.15, 0.2) is 5.51 Å². The summed E-state index contributed by atoms with van der Waals surface area (Å²) in [5, 5.41) is 0. The fourth-order valence-corrected chi connectivity index (χ4v) is 3.89. The van der Waals surface area contributed by atoms with E-state index in [0.717, 1.165) is 25.3 Å². The van der Waals surface area contributed by atoms with E-state index in [9.17, 15) is 4.39 Å². The number of thiazole rings is 1. The van der Waals surface area contributed by atoms with Gasteiger partial charge < -0.3 is 10.6 Å². The highest BCUT2D eigenvalue weighted by Gasteiger charge is 2.33. The van der Waals surface area contributed by atoms with Crippen molar-refractivity contribution in [1.29, 1.82) is 0 Å². The molecule has 0 aromatic carbocycles. The normalized spacial score (nSPS) is 23.0. The Balaban J connectivity index is 0.00000242. The van der Waals surface area contributed by atoms with Gasteiger partial charge in [0.15, 0.2) is 0 Å². The van der Waals surface area contributed by atoms with E-state index in [4.69, 9.17) is 5.73 Å². The number of halogens is 2. The third kappa shape index (κ3) is 5.74. The van der Waals surface area contributed by atoms with Crippen molar-refractivity contribution in [1.82, 2.24) is 14.8 Å². The van der Waals surface area contributed by atoms with Gasteiger partial charge >= 0.3 is 0 Å². The van der Waals surface area contributed by atoms with Gasteiger partial charge in [0.2, 0.25) is 0 Å². The summed E-state index contributed by atoms with van der Waals surface area (Å²) in [6.45, 7) is 9.08. The largest absolute Gasteiger partial charge is 0.324 e. The maximum Gasteiger partial charge on any atom is 0.114 e. The Bertz CT molecular complexity index is 463. The lowest BCUT2D eigenvalue weighted by molar-refractivity contribution is 0.170. The lowest BCUT2D eigenvalue weighted by atomic mass is 10.1. The van der Waals surface area contributed by atoms with Crippen molar-refractivity contribution < 1.29 is 4.39 Å². The zero-order valence-corrected chi connectivity index (χ0v) is 15.5. The number of alkyl halides is 1. The number of likely N-dealkylation sites (tertiary alicyclic amines) is 1. The molecule has 0 aliphatic carbocycles. The summed E-state index contributed by atoms with van der Waals surface area (Å²) in [7, 11) is 2.07. The second-order valence-corrected chi connectivity index (χ2v) is 7.90. The van der Waals surface area contributed by atoms with Crippen molar-refractivity contribution in [2.45, 2.75) is 51.5 Å². The third-order valence-corrected chi connectivity index (χ3v) is 4.79. The van der Waals surface area contributed by atoms with Crippen LogP contribution in [0.5, 0.6) is 0 Å². The van der Waals surface area contributed by atoms with E-state index in [1.54, 1.807) is 11.3 Å². The van der Waals surface area contributed by atoms with Crippen molar-refractivity contribution in [2.75, 3.05) is 26.7 Å². The summed E-state index contributed by atoms with van der Waals surface area (Å²) < 4.78 is 13.8. The van der Waals surface area contributed by atoms with Crippen molar-refractivity contribution in [3.05, 3.63) is 16.1 Å². The minimum atomic E-state index is -0.720. The van der Waals surface area contributed by atoms with Crippen LogP contribution in [0, 0.1) is 6.92 Å². The summed E-state index contributed by atoms with van der Waals surface area (Å²) in [4.78, 5) is 10.0. The molecule has 2 heterocycles. The number of aryl methyl sites for hydroxylation is 1. The quantitative estimate of drug-likeness (QED) is 0.856. The van der Waals surface area contributed by atoms with Crippen molar-refractivity contribution in [3.8, 4) is 0 Å². The average molecular weight is 351 g/mol. The molecule has 0 radical (unpaired) electrons. The van der Waals surface area contributed by atoms with Crippen LogP contribution in [0.2, 0.25) is 0 Å². The maximum atomic E-state index is 13.8. The van der Waals surface area contributed by atoms with Gasteiger partial charge in [-0.1, -0.05) is 0 Å². The van der Waals surface area contributed by atoms with E-state index in [-0.39, 0.29) is 24.0 Å². The van der Waals surface area contributed by atoms with Crippen LogP contribution in [0.25, 0.3) is 0 Å². The van der Waals surface area contributed by atoms with Gasteiger partial charge in [0.1, 0.15) is 6.17 Å². The Morgan fingerprint density at radius 1 is 1.55 bits per heavy atom. The first-order chi connectivity index (χ1) is 9.74. The van der Waals surface area contributed by atoms with Gasteiger partial charge in [-0.3, -0.25) is 4.90 Å². The Hall–Kier alpha value is -0.270. The maximum absolute atomic E-state index is 13.8. The molecule has 128 valence electrons. The van der Waals surface area contributed by atoms with Crippen molar-refractivity contribution in [3.63, 3.8) is 0 Å². The van der Waals surface area contributed by atoms with E-state index in [2.05, 4.69) is 21.8 Å². The minimum absolute atomic E-state index is 0. The van der Waals surface area contributed by atoms with Crippen LogP contribution < -0.4 is 5.73 Å². The van der Waals surface area contributed by atoms with Gasteiger partial charge in [-0.05, 0) is 34.2 Å². The molecule has 0 saturated carbocycles. The molecular formula is C15H28ClFN4S. The predicted molar refractivity (Wildman–Crippen MR) is 93.6 cm³/mol. The van der Waals surface area contributed by atoms with Gasteiger partial charge in [-0.25, -0.2) is 9.37 Å². The van der Waals surface area contributed by atoms with E-state index in [0.29, 0.717) is 13.0 Å². The number of aromatic nitrogens is 1. The number of hydrogen-bond donors (Lipinski definition) is 1. The molecule has 0 bridgehead atoms. The average Bonchev–Trinajstić information content (AvgIpc) is 2.84. The number of hydrogen-bond acceptors (Lipinski definition) is 5. The summed E-state index contributed by atoms with van der Waals surface area (Å²) in [5.74, 6) is 0. The molecular weight excluding hydrogens is 323 g/mol. The molecule has 0 amide bonds. The van der Waals surface area contributed by atoms with E-state index in [1.165, 1.54) is 4.88 Å². The smallest absolute Gasteiger partial charge is 0.114 e. The molecule has 1 saturated heterocycles. The summed E-state index contributed by atoms with van der Waals surface area (Å²) in [5.41, 5.74) is 8.78. The van der Waals surface area contributed by atoms with Gasteiger partial charge in [-0.15, -0.1) is 23.7 Å². The first kappa shape index (κ1) is 19.8. The number of nitrogens with two attached hydrogens (primary N) is 1. The fourth-order valence-electron chi connectivity index (χ4n) is 3.09. The molecule has 1 aromatic rings. The van der Waals surface area contributed by atoms with Crippen LogP contribution in [0.3, 0.4) is 0 Å². The molecule has 22 heavy (non-hydrogen) atoms. The Labute approximate surface area is 143 Å². The van der Waals surface area contributed by atoms with Gasteiger partial charge in [-0.2, -0.15) is 0 Å². The second kappa shape index (κ2) is 8.02. The predicted octanol–water partition coefficient (Wildman–Crippen LogP) is 2.45. The highest BCUT2D eigenvalue weighted by molar-refractivity contribution is 7.09. The molecule has 1 aliphatic rings. The third-order valence-electron chi connectivity index (χ3n) is 3.87. The zero-order valence-electron chi connectivity index (χ0n) is 13.9. The molecule has 1 aliphatic heterocycles. The van der Waals surface area contributed by atoms with Gasteiger partial charge in [0, 0.05) is 42.6 Å². The summed E-state index contributed by atoms with van der Waals surface area (Å²) >= 11 is 1.66. The van der Waals surface area contributed by atoms with Crippen molar-refractivity contribution >= 4 is 23.7 Å². The lowest BCUT2D eigenvalue weighted by Gasteiger charge is -2.31. The summed E-state index contributed by atoms with van der Waals surface area (Å²) in [6, 6.07) is 0.258. The number of likely N-dealkylation sites (N-methyl/N-ethyl adjacent to an activating group) is 1. The lowest BCUT2D eigenvalue weighted by Crippen LogP contribution is -2.47. The highest BCUT2D eigenvalue weighted by atomic mass is 35.5. The molecule has 0 unspecified atom stereocenters. The van der Waals surface area contributed by atoms with Crippen LogP contribution in [0.4, 0.5) is 4.39 Å². The summed E-state index contributed by atoms with van der Waals surface area (Å²) in [6.07, 6.45) is -0.102. The minimum Gasteiger partial charge on any atom is -0.324 e. The van der Waals surface area contributed by atoms with Crippen LogP contribution in [0.1, 0.15) is 30.8 Å². The first-order valence-corrected chi connectivity index (χ1v) is 8.37. The molecule has 2 atom stereocenters. The van der Waals surface area contributed by atoms with Crippen molar-refractivity contribution in [2.24, 2.45) is 5.73 Å². The van der Waals surface area contributed by atoms with Crippen LogP contribution in [-0.4, -0.2) is 59.2 Å². The van der Waals surface area contributed by atoms with Crippen LogP contribution in [-0.2, 0) is 6.54 Å². The van der Waals surface area contributed by atoms with Gasteiger partial charge in [0.05, 0.1) is 11.2 Å². The molecule has 1 fully saturated rings. The number of nitrogens with zero attached hydrogens (tertiary/aromatic N) is 3. The molecule has 2 rings (SSSR count). The monoisotopic (exact) mass is 350 g/mol. The Morgan fingerprint density at radius 3 is 2.77 bits per heavy atom. The topological polar surface area (TPSA) is 45.4 Å². The highest BCUT2D eigenvalue weighted by Crippen LogP contribution is 2.25. The van der Waals surface area contributed by atoms with E-state index in [1.807, 2.05) is 26.3 Å². The Morgan fingerprint density at radius 2 is 2.23 bits per heavy atom. The molecule has 7 heteroatoms. The molecule has 2 N–H and O–H groups in total. The van der Waals surface area contributed by atoms with E-state index < -0.39 is 6.17 Å². The Kier molecular flexibility index (Phi) is 7.20. The molecule has 4 nitrogen and oxygen atoms in total. The van der Waals surface area contributed by atoms with Crippen LogP contribution >= 0.6 is 23.7 Å². The molecule has 1 aromatic heterocycles. The second-order valence-electron chi connectivity index (χ2n) is 6.96. The number of rotatable bonds is 6. The van der Waals surface area contributed by atoms with Gasteiger partial charge in [0.25, 0.3) is 0 Å².